The van der Waals surface area contributed by atoms with E-state index in [1.807, 2.05) is 6.92 Å². The van der Waals surface area contributed by atoms with Crippen LogP contribution < -0.4 is 4.74 Å². The number of amides is 1. The molecular formula is C27H23N3O7S. The molecule has 0 spiro atoms. The van der Waals surface area contributed by atoms with Crippen molar-refractivity contribution >= 4 is 41.1 Å². The standard InChI is InChI=1S/C27H23N3O7S/c1-16-3-12-22(37-16)21-15-38-26-23(28-13-17-4-8-19(9-5-17)30(33)34)25(31)29(26)24(21)27(32)36-14-18-6-10-20(35-2)11-7-18/h3-13,23,26H,14-15H2,1-2H3/t23-,26+/m0/s1. The van der Waals surface area contributed by atoms with Crippen LogP contribution in [0, 0.1) is 17.0 Å². The van der Waals surface area contributed by atoms with Crippen molar-refractivity contribution in [1.82, 2.24) is 4.90 Å². The zero-order chi connectivity index (χ0) is 26.8. The second-order valence-electron chi connectivity index (χ2n) is 8.64. The Balaban J connectivity index is 1.37. The van der Waals surface area contributed by atoms with Crippen LogP contribution >= 0.6 is 11.8 Å². The molecule has 0 N–H and O–H groups in total. The fourth-order valence-electron chi connectivity index (χ4n) is 4.17. The van der Waals surface area contributed by atoms with Crippen molar-refractivity contribution in [3.05, 3.63) is 99.1 Å². The molecule has 2 atom stereocenters. The summed E-state index contributed by atoms with van der Waals surface area (Å²) in [5.74, 6) is 1.36. The summed E-state index contributed by atoms with van der Waals surface area (Å²) in [6.45, 7) is 1.83. The van der Waals surface area contributed by atoms with Gasteiger partial charge in [0.15, 0.2) is 6.04 Å². The van der Waals surface area contributed by atoms with Gasteiger partial charge in [0.2, 0.25) is 0 Å². The molecule has 1 amide bonds. The number of fused-ring (bicyclic) bond motifs is 1. The van der Waals surface area contributed by atoms with Crippen molar-refractivity contribution in [1.29, 1.82) is 0 Å². The van der Waals surface area contributed by atoms with Gasteiger partial charge in [-0.1, -0.05) is 12.1 Å². The minimum Gasteiger partial charge on any atom is -0.497 e. The number of hydrogen-bond donors (Lipinski definition) is 0. The molecule has 5 rings (SSSR count). The lowest BCUT2D eigenvalue weighted by Crippen LogP contribution is -2.64. The molecule has 3 heterocycles. The minimum atomic E-state index is -0.695. The van der Waals surface area contributed by atoms with Crippen molar-refractivity contribution in [3.63, 3.8) is 0 Å². The van der Waals surface area contributed by atoms with Crippen LogP contribution in [0.15, 0.2) is 75.8 Å². The largest absolute Gasteiger partial charge is 0.497 e. The second-order valence-corrected chi connectivity index (χ2v) is 9.75. The number of thioether (sulfide) groups is 1. The smallest absolute Gasteiger partial charge is 0.355 e. The summed E-state index contributed by atoms with van der Waals surface area (Å²) in [5.41, 5.74) is 2.12. The topological polar surface area (TPSA) is 124 Å². The number of aryl methyl sites for hydroxylation is 1. The molecule has 1 saturated heterocycles. The van der Waals surface area contributed by atoms with Gasteiger partial charge in [-0.05, 0) is 54.4 Å². The number of benzene rings is 2. The third kappa shape index (κ3) is 4.92. The predicted molar refractivity (Wildman–Crippen MR) is 141 cm³/mol. The van der Waals surface area contributed by atoms with E-state index in [2.05, 4.69) is 4.99 Å². The van der Waals surface area contributed by atoms with E-state index in [4.69, 9.17) is 13.9 Å². The van der Waals surface area contributed by atoms with Gasteiger partial charge in [0.1, 0.15) is 34.9 Å². The highest BCUT2D eigenvalue weighted by Crippen LogP contribution is 2.45. The van der Waals surface area contributed by atoms with Gasteiger partial charge in [-0.15, -0.1) is 11.8 Å². The Hall–Kier alpha value is -4.38. The molecular weight excluding hydrogens is 510 g/mol. The number of aliphatic imine (C=N–C) groups is 1. The third-order valence-corrected chi connectivity index (χ3v) is 7.45. The van der Waals surface area contributed by atoms with E-state index in [1.54, 1.807) is 55.6 Å². The molecule has 194 valence electrons. The fraction of sp³-hybridized carbons (Fsp3) is 0.222. The zero-order valence-corrected chi connectivity index (χ0v) is 21.3. The number of methoxy groups -OCH3 is 1. The van der Waals surface area contributed by atoms with E-state index in [0.29, 0.717) is 34.2 Å². The van der Waals surface area contributed by atoms with Crippen molar-refractivity contribution in [2.75, 3.05) is 12.9 Å². The number of esters is 1. The van der Waals surface area contributed by atoms with Crippen LogP contribution in [0.3, 0.4) is 0 Å². The molecule has 0 saturated carbocycles. The van der Waals surface area contributed by atoms with E-state index in [0.717, 1.165) is 5.56 Å². The third-order valence-electron chi connectivity index (χ3n) is 6.19. The number of nitrogens with zero attached hydrogens (tertiary/aromatic N) is 3. The molecule has 0 bridgehead atoms. The zero-order valence-electron chi connectivity index (χ0n) is 20.5. The highest BCUT2D eigenvalue weighted by Gasteiger charge is 2.54. The van der Waals surface area contributed by atoms with Gasteiger partial charge in [0, 0.05) is 29.7 Å². The number of hydrogen-bond acceptors (Lipinski definition) is 9. The lowest BCUT2D eigenvalue weighted by atomic mass is 10.0. The number of carbonyl (C=O) groups excluding carboxylic acids is 2. The van der Waals surface area contributed by atoms with Crippen LogP contribution in [0.25, 0.3) is 5.57 Å². The maximum absolute atomic E-state index is 13.4. The van der Waals surface area contributed by atoms with Gasteiger partial charge in [-0.3, -0.25) is 24.8 Å². The number of nitro groups is 1. The Kier molecular flexibility index (Phi) is 7.01. The Morgan fingerprint density at radius 3 is 2.55 bits per heavy atom. The maximum Gasteiger partial charge on any atom is 0.355 e. The van der Waals surface area contributed by atoms with Crippen LogP contribution in [-0.2, 0) is 20.9 Å². The summed E-state index contributed by atoms with van der Waals surface area (Å²) < 4.78 is 16.6. The maximum atomic E-state index is 13.4. The molecule has 3 aromatic rings. The predicted octanol–water partition coefficient (Wildman–Crippen LogP) is 4.36. The Morgan fingerprint density at radius 1 is 1.18 bits per heavy atom. The Morgan fingerprint density at radius 2 is 1.92 bits per heavy atom. The molecule has 1 fully saturated rings. The summed E-state index contributed by atoms with van der Waals surface area (Å²) in [6, 6.07) is 15.9. The summed E-state index contributed by atoms with van der Waals surface area (Å²) in [7, 11) is 1.57. The number of β-lactam (4-membered cyclic amide) rings is 1. The van der Waals surface area contributed by atoms with Gasteiger partial charge < -0.3 is 13.9 Å². The van der Waals surface area contributed by atoms with Crippen molar-refractivity contribution in [2.45, 2.75) is 24.9 Å². The van der Waals surface area contributed by atoms with Crippen molar-refractivity contribution < 1.29 is 28.4 Å². The first-order valence-electron chi connectivity index (χ1n) is 11.7. The van der Waals surface area contributed by atoms with Gasteiger partial charge in [0.25, 0.3) is 11.6 Å². The monoisotopic (exact) mass is 533 g/mol. The van der Waals surface area contributed by atoms with Crippen molar-refractivity contribution in [3.8, 4) is 5.75 Å². The molecule has 2 aromatic carbocycles. The van der Waals surface area contributed by atoms with Gasteiger partial charge >= 0.3 is 5.97 Å². The highest BCUT2D eigenvalue weighted by molar-refractivity contribution is 8.00. The van der Waals surface area contributed by atoms with E-state index in [9.17, 15) is 19.7 Å². The molecule has 2 aliphatic heterocycles. The Labute approximate surface area is 222 Å². The van der Waals surface area contributed by atoms with E-state index < -0.39 is 16.9 Å². The molecule has 0 aliphatic carbocycles. The number of rotatable bonds is 8. The molecule has 10 nitrogen and oxygen atoms in total. The molecule has 38 heavy (non-hydrogen) atoms. The van der Waals surface area contributed by atoms with Crippen LogP contribution in [0.4, 0.5) is 5.69 Å². The van der Waals surface area contributed by atoms with Gasteiger partial charge in [-0.25, -0.2) is 4.79 Å². The normalized spacial score (nSPS) is 18.8. The molecule has 11 heteroatoms. The molecule has 0 unspecified atom stereocenters. The highest BCUT2D eigenvalue weighted by atomic mass is 32.2. The number of carbonyl (C=O) groups is 2. The number of nitro benzene ring substituents is 1. The first-order valence-corrected chi connectivity index (χ1v) is 12.7. The van der Waals surface area contributed by atoms with Gasteiger partial charge in [0.05, 0.1) is 12.0 Å². The SMILES string of the molecule is COc1ccc(COC(=O)C2=C(c3ccc(C)o3)CS[C@@H]3[C@@H](N=Cc4ccc([N+](=O)[O-])cc4)C(=O)N23)cc1. The number of ether oxygens (including phenoxy) is 2. The van der Waals surface area contributed by atoms with Crippen LogP contribution in [0.2, 0.25) is 0 Å². The minimum absolute atomic E-state index is 0.0261. The first-order chi connectivity index (χ1) is 18.4. The Bertz CT molecular complexity index is 1440. The second kappa shape index (κ2) is 10.5. The summed E-state index contributed by atoms with van der Waals surface area (Å²) in [6.07, 6.45) is 1.51. The first kappa shape index (κ1) is 25.3. The summed E-state index contributed by atoms with van der Waals surface area (Å²) >= 11 is 1.48. The lowest BCUT2D eigenvalue weighted by molar-refractivity contribution is -0.384. The van der Waals surface area contributed by atoms with E-state index in [-0.39, 0.29) is 29.3 Å². The van der Waals surface area contributed by atoms with Gasteiger partial charge in [-0.2, -0.15) is 0 Å². The van der Waals surface area contributed by atoms with Crippen LogP contribution in [0.5, 0.6) is 5.75 Å². The van der Waals surface area contributed by atoms with E-state index >= 15 is 0 Å². The van der Waals surface area contributed by atoms with Crippen LogP contribution in [0.1, 0.15) is 22.6 Å². The number of furan rings is 1. The average Bonchev–Trinajstić information content (AvgIpc) is 3.37. The van der Waals surface area contributed by atoms with Crippen molar-refractivity contribution in [2.24, 2.45) is 4.99 Å². The summed E-state index contributed by atoms with van der Waals surface area (Å²) in [5, 5.41) is 10.5. The van der Waals surface area contributed by atoms with E-state index in [1.165, 1.54) is 35.0 Å². The lowest BCUT2D eigenvalue weighted by Gasteiger charge is -2.47. The molecule has 0 radical (unpaired) electrons. The average molecular weight is 534 g/mol. The van der Waals surface area contributed by atoms with Crippen LogP contribution in [-0.4, -0.2) is 52.2 Å². The quantitative estimate of drug-likeness (QED) is 0.138. The fourth-order valence-corrected chi connectivity index (χ4v) is 5.51. The molecule has 1 aromatic heterocycles. The molecule has 2 aliphatic rings. The number of non-ortho nitro benzene ring substituents is 1. The summed E-state index contributed by atoms with van der Waals surface area (Å²) in [4.78, 5) is 42.8.